The third-order valence-electron chi connectivity index (χ3n) is 4.19. The summed E-state index contributed by atoms with van der Waals surface area (Å²) in [6.07, 6.45) is 5.69. The Kier molecular flexibility index (Phi) is 4.88. The van der Waals surface area contributed by atoms with Gasteiger partial charge in [0.05, 0.1) is 11.7 Å². The minimum Gasteiger partial charge on any atom is -0.381 e. The summed E-state index contributed by atoms with van der Waals surface area (Å²) >= 11 is 0. The van der Waals surface area contributed by atoms with Crippen molar-refractivity contribution in [3.05, 3.63) is 54.4 Å². The highest BCUT2D eigenvalue weighted by atomic mass is 16.5. The summed E-state index contributed by atoms with van der Waals surface area (Å²) in [7, 11) is 1.78. The molecule has 0 bridgehead atoms. The van der Waals surface area contributed by atoms with Gasteiger partial charge in [0.15, 0.2) is 0 Å². The summed E-state index contributed by atoms with van der Waals surface area (Å²) in [4.78, 5) is 18.4. The number of benzene rings is 1. The molecule has 0 spiro atoms. The van der Waals surface area contributed by atoms with E-state index >= 15 is 0 Å². The molecular weight excluding hydrogens is 290 g/mol. The van der Waals surface area contributed by atoms with Crippen molar-refractivity contribution in [1.29, 1.82) is 0 Å². The summed E-state index contributed by atoms with van der Waals surface area (Å²) in [5, 5.41) is 2.89. The third-order valence-corrected chi connectivity index (χ3v) is 4.19. The van der Waals surface area contributed by atoms with Crippen LogP contribution in [0.5, 0.6) is 0 Å². The van der Waals surface area contributed by atoms with Crippen molar-refractivity contribution >= 4 is 17.3 Å². The molecule has 3 rings (SSSR count). The Balaban J connectivity index is 1.60. The number of anilines is 2. The molecule has 0 radical (unpaired) electrons. The second-order valence-electron chi connectivity index (χ2n) is 5.66. The number of nitrogens with one attached hydrogen (secondary N) is 1. The van der Waals surface area contributed by atoms with Crippen LogP contribution in [0.15, 0.2) is 48.8 Å². The predicted molar refractivity (Wildman–Crippen MR) is 90.9 cm³/mol. The molecule has 1 aromatic heterocycles. The summed E-state index contributed by atoms with van der Waals surface area (Å²) in [6, 6.07) is 11.5. The molecule has 0 atom stereocenters. The van der Waals surface area contributed by atoms with Gasteiger partial charge >= 0.3 is 0 Å². The van der Waals surface area contributed by atoms with Crippen molar-refractivity contribution in [2.24, 2.45) is 0 Å². The van der Waals surface area contributed by atoms with E-state index in [9.17, 15) is 4.79 Å². The Morgan fingerprint density at radius 2 is 1.96 bits per heavy atom. The number of carbonyl (C=O) groups excluding carboxylic acids is 1. The van der Waals surface area contributed by atoms with Gasteiger partial charge in [0.2, 0.25) is 0 Å². The van der Waals surface area contributed by atoms with Gasteiger partial charge in [0.1, 0.15) is 0 Å². The van der Waals surface area contributed by atoms with Crippen molar-refractivity contribution in [3.63, 3.8) is 0 Å². The number of amides is 1. The van der Waals surface area contributed by atoms with Gasteiger partial charge in [0.25, 0.3) is 5.91 Å². The van der Waals surface area contributed by atoms with Gasteiger partial charge in [-0.25, -0.2) is 0 Å². The maximum Gasteiger partial charge on any atom is 0.257 e. The number of hydrogen-bond donors (Lipinski definition) is 1. The van der Waals surface area contributed by atoms with Crippen molar-refractivity contribution in [2.75, 3.05) is 30.4 Å². The van der Waals surface area contributed by atoms with Crippen LogP contribution in [0.2, 0.25) is 0 Å². The molecule has 23 heavy (non-hydrogen) atoms. The average Bonchev–Trinajstić information content (AvgIpc) is 2.63. The average molecular weight is 311 g/mol. The molecule has 5 heteroatoms. The Hall–Kier alpha value is -2.40. The van der Waals surface area contributed by atoms with E-state index in [0.717, 1.165) is 31.6 Å². The van der Waals surface area contributed by atoms with Crippen molar-refractivity contribution < 1.29 is 9.53 Å². The van der Waals surface area contributed by atoms with Crippen molar-refractivity contribution in [1.82, 2.24) is 4.98 Å². The molecule has 2 aromatic rings. The van der Waals surface area contributed by atoms with Gasteiger partial charge in [-0.2, -0.15) is 0 Å². The largest absolute Gasteiger partial charge is 0.381 e. The van der Waals surface area contributed by atoms with Crippen LogP contribution in [0.25, 0.3) is 0 Å². The van der Waals surface area contributed by atoms with Gasteiger partial charge in [-0.1, -0.05) is 0 Å². The fraction of sp³-hybridized carbons (Fsp3) is 0.333. The number of piperidine rings is 1. The normalized spacial score (nSPS) is 15.4. The van der Waals surface area contributed by atoms with E-state index in [1.165, 1.54) is 5.69 Å². The molecule has 5 nitrogen and oxygen atoms in total. The molecule has 0 unspecified atom stereocenters. The molecule has 1 fully saturated rings. The lowest BCUT2D eigenvalue weighted by atomic mass is 10.1. The number of hydrogen-bond acceptors (Lipinski definition) is 4. The van der Waals surface area contributed by atoms with E-state index in [-0.39, 0.29) is 5.91 Å². The third kappa shape index (κ3) is 3.87. The lowest BCUT2D eigenvalue weighted by molar-refractivity contribution is 0.0819. The van der Waals surface area contributed by atoms with Gasteiger partial charge in [-0.05, 0) is 49.2 Å². The predicted octanol–water partition coefficient (Wildman–Crippen LogP) is 2.95. The molecule has 0 aliphatic carbocycles. The molecule has 1 aliphatic heterocycles. The Labute approximate surface area is 136 Å². The standard InChI is InChI=1S/C18H21N3O2/c1-23-17-8-11-21(12-9-17)16-6-4-15(5-7-16)20-18(22)14-3-2-10-19-13-14/h2-7,10,13,17H,8-9,11-12H2,1H3,(H,20,22). The van der Waals surface area contributed by atoms with Crippen LogP contribution < -0.4 is 10.2 Å². The maximum absolute atomic E-state index is 12.1. The first kappa shape index (κ1) is 15.5. The second kappa shape index (κ2) is 7.24. The highest BCUT2D eigenvalue weighted by molar-refractivity contribution is 6.04. The number of aromatic nitrogens is 1. The lowest BCUT2D eigenvalue weighted by Gasteiger charge is -2.33. The maximum atomic E-state index is 12.1. The smallest absolute Gasteiger partial charge is 0.257 e. The number of methoxy groups -OCH3 is 1. The van der Waals surface area contributed by atoms with Gasteiger partial charge < -0.3 is 15.0 Å². The second-order valence-corrected chi connectivity index (χ2v) is 5.66. The van der Waals surface area contributed by atoms with Gasteiger partial charge in [0, 0.05) is 44.0 Å². The molecule has 0 saturated carbocycles. The Morgan fingerprint density at radius 1 is 1.22 bits per heavy atom. The molecule has 1 aromatic carbocycles. The fourth-order valence-electron chi connectivity index (χ4n) is 2.81. The van der Waals surface area contributed by atoms with E-state index < -0.39 is 0 Å². The van der Waals surface area contributed by atoms with Gasteiger partial charge in [-0.15, -0.1) is 0 Å². The summed E-state index contributed by atoms with van der Waals surface area (Å²) in [5.74, 6) is -0.147. The van der Waals surface area contributed by atoms with E-state index in [1.807, 2.05) is 24.3 Å². The zero-order valence-electron chi connectivity index (χ0n) is 13.2. The van der Waals surface area contributed by atoms with Crippen molar-refractivity contribution in [3.8, 4) is 0 Å². The first-order valence-electron chi connectivity index (χ1n) is 7.85. The van der Waals surface area contributed by atoms with Crippen LogP contribution in [-0.2, 0) is 4.74 Å². The van der Waals surface area contributed by atoms with Gasteiger partial charge in [-0.3, -0.25) is 9.78 Å². The molecule has 2 heterocycles. The van der Waals surface area contributed by atoms with Crippen molar-refractivity contribution in [2.45, 2.75) is 18.9 Å². The first-order chi connectivity index (χ1) is 11.3. The number of carbonyl (C=O) groups is 1. The summed E-state index contributed by atoms with van der Waals surface area (Å²) in [6.45, 7) is 2.00. The highest BCUT2D eigenvalue weighted by Gasteiger charge is 2.18. The van der Waals surface area contributed by atoms with E-state index in [0.29, 0.717) is 11.7 Å². The lowest BCUT2D eigenvalue weighted by Crippen LogP contribution is -2.36. The molecular formula is C18H21N3O2. The Bertz CT molecular complexity index is 635. The highest BCUT2D eigenvalue weighted by Crippen LogP contribution is 2.23. The van der Waals surface area contributed by atoms with Crippen LogP contribution in [0, 0.1) is 0 Å². The van der Waals surface area contributed by atoms with Crippen LogP contribution in [0.3, 0.4) is 0 Å². The number of ether oxygens (including phenoxy) is 1. The molecule has 1 saturated heterocycles. The topological polar surface area (TPSA) is 54.5 Å². The van der Waals surface area contributed by atoms with Crippen LogP contribution in [-0.4, -0.2) is 37.2 Å². The summed E-state index contributed by atoms with van der Waals surface area (Å²) < 4.78 is 5.40. The SMILES string of the molecule is COC1CCN(c2ccc(NC(=O)c3cccnc3)cc2)CC1. The minimum absolute atomic E-state index is 0.147. The minimum atomic E-state index is -0.147. The monoisotopic (exact) mass is 311 g/mol. The zero-order valence-corrected chi connectivity index (χ0v) is 13.2. The van der Waals surface area contributed by atoms with E-state index in [1.54, 1.807) is 31.6 Å². The van der Waals surface area contributed by atoms with Crippen LogP contribution in [0.1, 0.15) is 23.2 Å². The molecule has 120 valence electrons. The van der Waals surface area contributed by atoms with E-state index in [4.69, 9.17) is 4.74 Å². The molecule has 1 N–H and O–H groups in total. The summed E-state index contributed by atoms with van der Waals surface area (Å²) in [5.41, 5.74) is 2.52. The zero-order chi connectivity index (χ0) is 16.1. The quantitative estimate of drug-likeness (QED) is 0.943. The van der Waals surface area contributed by atoms with Crippen LogP contribution in [0.4, 0.5) is 11.4 Å². The number of rotatable bonds is 4. The molecule has 1 aliphatic rings. The number of nitrogens with zero attached hydrogens (tertiary/aromatic N) is 2. The Morgan fingerprint density at radius 3 is 2.57 bits per heavy atom. The fourth-order valence-corrected chi connectivity index (χ4v) is 2.81. The first-order valence-corrected chi connectivity index (χ1v) is 7.85. The van der Waals surface area contributed by atoms with Crippen LogP contribution >= 0.6 is 0 Å². The number of pyridine rings is 1. The molecule has 1 amide bonds. The van der Waals surface area contributed by atoms with E-state index in [2.05, 4.69) is 15.2 Å².